The van der Waals surface area contributed by atoms with Crippen LogP contribution in [0.3, 0.4) is 0 Å². The molecule has 71 heavy (non-hydrogen) atoms. The molecule has 3 heterocycles. The molecule has 0 spiro atoms. The van der Waals surface area contributed by atoms with Crippen LogP contribution in [0.15, 0.2) is 72.8 Å². The van der Waals surface area contributed by atoms with Crippen LogP contribution in [-0.2, 0) is 62.6 Å². The summed E-state index contributed by atoms with van der Waals surface area (Å²) < 4.78 is 48.8. The van der Waals surface area contributed by atoms with Crippen LogP contribution in [0.1, 0.15) is 36.0 Å². The van der Waals surface area contributed by atoms with Gasteiger partial charge in [-0.25, -0.2) is 0 Å². The van der Waals surface area contributed by atoms with Gasteiger partial charge in [-0.3, -0.25) is 14.4 Å². The van der Waals surface area contributed by atoms with Crippen LogP contribution in [0.2, 0.25) is 0 Å². The summed E-state index contributed by atoms with van der Waals surface area (Å²) in [7, 11) is 0. The fraction of sp³-hybridized carbons (Fsp3) is 0.543. The van der Waals surface area contributed by atoms with Gasteiger partial charge in [0.1, 0.15) is 110 Å². The number of hydrogen-bond acceptors (Lipinski definition) is 25. The summed E-state index contributed by atoms with van der Waals surface area (Å²) in [5, 5.41) is 131. The van der Waals surface area contributed by atoms with Crippen molar-refractivity contribution in [3.8, 4) is 17.2 Å². The summed E-state index contributed by atoms with van der Waals surface area (Å²) in [4.78, 5) is 39.6. The third-order valence-electron chi connectivity index (χ3n) is 11.7. The number of carbonyl (C=O) groups excluding carboxylic acids is 3. The van der Waals surface area contributed by atoms with E-state index in [4.69, 9.17) is 42.6 Å². The molecule has 0 aromatic heterocycles. The molecule has 3 saturated heterocycles. The maximum Gasteiger partial charge on any atom is 0.309 e. The van der Waals surface area contributed by atoms with Crippen molar-refractivity contribution in [1.29, 1.82) is 0 Å². The van der Waals surface area contributed by atoms with Gasteiger partial charge in [-0.05, 0) is 53.1 Å². The first-order valence-electron chi connectivity index (χ1n) is 22.2. The van der Waals surface area contributed by atoms with Crippen LogP contribution in [0, 0.1) is 0 Å². The zero-order valence-electron chi connectivity index (χ0n) is 37.7. The van der Waals surface area contributed by atoms with Gasteiger partial charge in [0.2, 0.25) is 18.9 Å². The molecule has 25 heteroatoms. The topological polar surface area (TPSA) is 397 Å². The van der Waals surface area contributed by atoms with E-state index in [-0.39, 0.29) is 37.1 Å². The van der Waals surface area contributed by atoms with E-state index in [1.807, 2.05) is 0 Å². The number of ether oxygens (including phenoxy) is 9. The molecule has 0 saturated carbocycles. The maximum absolute atomic E-state index is 13.2. The maximum atomic E-state index is 13.2. The molecule has 0 aliphatic carbocycles. The number of benzene rings is 3. The summed E-state index contributed by atoms with van der Waals surface area (Å²) >= 11 is 0. The van der Waals surface area contributed by atoms with E-state index in [0.717, 1.165) is 0 Å². The molecule has 3 aromatic rings. The van der Waals surface area contributed by atoms with E-state index in [1.165, 1.54) is 72.8 Å². The second-order valence-corrected chi connectivity index (χ2v) is 17.1. The average molecular weight is 1010 g/mol. The number of aliphatic hydroxyl groups excluding tert-OH is 12. The van der Waals surface area contributed by atoms with Gasteiger partial charge in [-0.15, -0.1) is 0 Å². The van der Waals surface area contributed by atoms with Crippen molar-refractivity contribution in [1.82, 2.24) is 0 Å². The second kappa shape index (κ2) is 25.0. The lowest BCUT2D eigenvalue weighted by molar-refractivity contribution is -0.277. The third-order valence-corrected chi connectivity index (χ3v) is 11.7. The minimum absolute atomic E-state index is 0.130. The first kappa shape index (κ1) is 55.1. The van der Waals surface area contributed by atoms with Crippen molar-refractivity contribution in [2.75, 3.05) is 19.8 Å². The summed E-state index contributed by atoms with van der Waals surface area (Å²) in [6, 6.07) is 17.3. The SMILES string of the molecule is O=C(CC(O)(CC(=O)OCc1ccc(O[C@@H]2O[C@H](CO)[C@@H](O)[C@H](O)[C@H]2O)cc1)CC(=O)OCc1ccc(O[C@@H]2O[C@H](CO)[C@@H](O)[C@H](O)[C@H]2O)cc1)OCc1ccc(O[C@@H]2O[C@H](CO)[C@@H](O)[C@H](O)[C@H]2O)cc1. The lowest BCUT2D eigenvalue weighted by Crippen LogP contribution is -2.60. The Hall–Kier alpha value is -5.17. The van der Waals surface area contributed by atoms with Crippen LogP contribution < -0.4 is 14.2 Å². The van der Waals surface area contributed by atoms with Crippen molar-refractivity contribution in [3.63, 3.8) is 0 Å². The Morgan fingerprint density at radius 2 is 0.634 bits per heavy atom. The molecule has 15 atom stereocenters. The Bertz CT molecular complexity index is 1910. The number of rotatable bonds is 21. The first-order chi connectivity index (χ1) is 33.8. The van der Waals surface area contributed by atoms with E-state index >= 15 is 0 Å². The monoisotopic (exact) mass is 1010 g/mol. The molecule has 25 nitrogen and oxygen atoms in total. The molecule has 0 amide bonds. The quantitative estimate of drug-likeness (QED) is 0.0354. The first-order valence-corrected chi connectivity index (χ1v) is 22.2. The molecule has 6 rings (SSSR count). The fourth-order valence-corrected chi connectivity index (χ4v) is 7.53. The molecule has 3 aromatic carbocycles. The summed E-state index contributed by atoms with van der Waals surface area (Å²) in [6.07, 6.45) is -25.4. The molecular formula is C46H58O25. The van der Waals surface area contributed by atoms with E-state index in [9.17, 15) is 80.8 Å². The van der Waals surface area contributed by atoms with E-state index in [0.29, 0.717) is 16.7 Å². The fourth-order valence-electron chi connectivity index (χ4n) is 7.53. The van der Waals surface area contributed by atoms with Crippen molar-refractivity contribution in [3.05, 3.63) is 89.5 Å². The van der Waals surface area contributed by atoms with E-state index in [2.05, 4.69) is 0 Å². The highest BCUT2D eigenvalue weighted by molar-refractivity contribution is 5.79. The number of hydrogen-bond donors (Lipinski definition) is 13. The summed E-state index contributed by atoms with van der Waals surface area (Å²) in [6.45, 7) is -3.08. The molecule has 3 aliphatic rings. The molecule has 0 radical (unpaired) electrons. The van der Waals surface area contributed by atoms with Crippen LogP contribution in [0.4, 0.5) is 0 Å². The van der Waals surface area contributed by atoms with Crippen molar-refractivity contribution < 1.29 is 123 Å². The zero-order valence-corrected chi connectivity index (χ0v) is 37.7. The Labute approximate surface area is 404 Å². The van der Waals surface area contributed by atoms with Gasteiger partial charge in [0, 0.05) is 0 Å². The molecule has 392 valence electrons. The Morgan fingerprint density at radius 3 is 0.859 bits per heavy atom. The third kappa shape index (κ3) is 14.5. The highest BCUT2D eigenvalue weighted by Crippen LogP contribution is 2.29. The minimum atomic E-state index is -2.42. The molecule has 13 N–H and O–H groups in total. The molecule has 3 fully saturated rings. The zero-order chi connectivity index (χ0) is 51.6. The van der Waals surface area contributed by atoms with Gasteiger partial charge in [0.25, 0.3) is 0 Å². The van der Waals surface area contributed by atoms with Gasteiger partial charge < -0.3 is 109 Å². The summed E-state index contributed by atoms with van der Waals surface area (Å²) in [5.41, 5.74) is -1.22. The van der Waals surface area contributed by atoms with Crippen molar-refractivity contribution in [2.24, 2.45) is 0 Å². The number of esters is 3. The van der Waals surface area contributed by atoms with Gasteiger partial charge in [0.05, 0.1) is 44.7 Å². The van der Waals surface area contributed by atoms with E-state index in [1.54, 1.807) is 0 Å². The summed E-state index contributed by atoms with van der Waals surface area (Å²) in [5.74, 6) is -2.74. The van der Waals surface area contributed by atoms with Crippen LogP contribution >= 0.6 is 0 Å². The Morgan fingerprint density at radius 1 is 0.394 bits per heavy atom. The second-order valence-electron chi connectivity index (χ2n) is 17.1. The molecular weight excluding hydrogens is 952 g/mol. The smallest absolute Gasteiger partial charge is 0.309 e. The molecule has 0 bridgehead atoms. The van der Waals surface area contributed by atoms with E-state index < -0.39 is 155 Å². The predicted molar refractivity (Wildman–Crippen MR) is 231 cm³/mol. The Balaban J connectivity index is 1.05. The predicted octanol–water partition coefficient (Wildman–Crippen LogP) is -4.35. The normalized spacial score (nSPS) is 31.0. The number of carbonyl (C=O) groups is 3. The Kier molecular flexibility index (Phi) is 19.4. The average Bonchev–Trinajstić information content (AvgIpc) is 3.35. The highest BCUT2D eigenvalue weighted by atomic mass is 16.7. The molecule has 3 aliphatic heterocycles. The molecule has 0 unspecified atom stereocenters. The standard InChI is InChI=1S/C46H58O25/c47-16-28-34(53)37(56)40(59)43(69-28)66-25-7-1-22(2-8-25)19-63-31(50)13-46(62,14-32(51)64-20-23-3-9-26(10-4-23)67-44-41(60)38(57)35(54)29(17-48)70-44)15-33(52)65-21-24-5-11-27(12-6-24)68-45-42(61)39(58)36(55)30(18-49)71-45/h1-12,28-30,34-45,47-49,53-62H,13-21H2/t28-,29-,30-,34-,35-,36-,37+,38+,39+,40-,41-,42-,43-,44-,45-/m1/s1. The van der Waals surface area contributed by atoms with Crippen LogP contribution in [0.5, 0.6) is 17.2 Å². The highest BCUT2D eigenvalue weighted by Gasteiger charge is 2.47. The lowest BCUT2D eigenvalue weighted by atomic mass is 9.91. The lowest BCUT2D eigenvalue weighted by Gasteiger charge is -2.39. The van der Waals surface area contributed by atoms with Crippen molar-refractivity contribution in [2.45, 2.75) is 137 Å². The van der Waals surface area contributed by atoms with Crippen LogP contribution in [-0.4, -0.2) is 202 Å². The van der Waals surface area contributed by atoms with Crippen LogP contribution in [0.25, 0.3) is 0 Å². The number of aliphatic hydroxyl groups is 13. The van der Waals surface area contributed by atoms with Gasteiger partial charge in [0.15, 0.2) is 0 Å². The van der Waals surface area contributed by atoms with Gasteiger partial charge in [-0.1, -0.05) is 36.4 Å². The minimum Gasteiger partial charge on any atom is -0.462 e. The van der Waals surface area contributed by atoms with Gasteiger partial charge in [-0.2, -0.15) is 0 Å². The van der Waals surface area contributed by atoms with Gasteiger partial charge >= 0.3 is 17.9 Å². The largest absolute Gasteiger partial charge is 0.462 e. The van der Waals surface area contributed by atoms with Crippen molar-refractivity contribution >= 4 is 17.9 Å².